The van der Waals surface area contributed by atoms with E-state index in [-0.39, 0.29) is 11.6 Å². The lowest BCUT2D eigenvalue weighted by Crippen LogP contribution is -2.40. The number of carbonyl (C=O) groups is 1. The summed E-state index contributed by atoms with van der Waals surface area (Å²) < 4.78 is 5.31. The Kier molecular flexibility index (Phi) is 5.67. The molecule has 1 atom stereocenters. The first-order valence-electron chi connectivity index (χ1n) is 9.54. The van der Waals surface area contributed by atoms with Crippen LogP contribution in [-0.2, 0) is 11.2 Å². The third-order valence-electron chi connectivity index (χ3n) is 4.41. The van der Waals surface area contributed by atoms with Gasteiger partial charge in [0.1, 0.15) is 17.2 Å². The Hall–Kier alpha value is -2.90. The predicted octanol–water partition coefficient (Wildman–Crippen LogP) is 2.50. The van der Waals surface area contributed by atoms with Crippen LogP contribution in [-0.4, -0.2) is 45.8 Å². The van der Waals surface area contributed by atoms with Crippen LogP contribution in [0.15, 0.2) is 29.2 Å². The van der Waals surface area contributed by atoms with Crippen LogP contribution in [0, 0.1) is 0 Å². The maximum atomic E-state index is 11.9. The third kappa shape index (κ3) is 5.09. The number of carbonyl (C=O) groups excluding carboxylic acids is 1. The zero-order valence-corrected chi connectivity index (χ0v) is 16.8. The van der Waals surface area contributed by atoms with E-state index in [2.05, 4.69) is 25.2 Å². The number of aryl methyl sites for hydroxylation is 1. The van der Waals surface area contributed by atoms with Crippen LogP contribution < -0.4 is 15.8 Å². The van der Waals surface area contributed by atoms with Gasteiger partial charge in [-0.1, -0.05) is 6.92 Å². The van der Waals surface area contributed by atoms with Crippen LogP contribution in [0.3, 0.4) is 0 Å². The number of ether oxygens (including phenoxy) is 1. The molecule has 0 saturated carbocycles. The van der Waals surface area contributed by atoms with E-state index in [0.717, 1.165) is 30.0 Å². The van der Waals surface area contributed by atoms with E-state index in [1.807, 2.05) is 39.8 Å². The number of alkyl carbamates (subject to hydrolysis) is 1. The summed E-state index contributed by atoms with van der Waals surface area (Å²) in [6.45, 7) is 8.97. The average molecular weight is 385 g/mol. The maximum Gasteiger partial charge on any atom is 0.407 e. The normalized spacial score (nSPS) is 16.9. The van der Waals surface area contributed by atoms with Gasteiger partial charge in [0.25, 0.3) is 5.56 Å². The molecule has 1 aliphatic rings. The lowest BCUT2D eigenvalue weighted by atomic mass is 10.2. The fraction of sp³-hybridized carbons (Fsp3) is 0.500. The van der Waals surface area contributed by atoms with Crippen molar-refractivity contribution in [2.75, 3.05) is 18.0 Å². The second-order valence-corrected chi connectivity index (χ2v) is 7.92. The SMILES string of the molecule is CCc1cc(=O)[nH]c(-c2ccc(N3CC[C@@H](NC(=O)OC(C)(C)C)C3)nc2)n1. The summed E-state index contributed by atoms with van der Waals surface area (Å²) in [5.41, 5.74) is 0.836. The minimum absolute atomic E-state index is 0.0237. The second kappa shape index (κ2) is 8.00. The van der Waals surface area contributed by atoms with Crippen molar-refractivity contribution >= 4 is 11.9 Å². The Balaban J connectivity index is 1.64. The highest BCUT2D eigenvalue weighted by Gasteiger charge is 2.26. The number of amides is 1. The average Bonchev–Trinajstić information content (AvgIpc) is 3.08. The fourth-order valence-electron chi connectivity index (χ4n) is 3.10. The van der Waals surface area contributed by atoms with Crippen LogP contribution in [0.5, 0.6) is 0 Å². The van der Waals surface area contributed by atoms with Gasteiger partial charge < -0.3 is 19.9 Å². The predicted molar refractivity (Wildman–Crippen MR) is 107 cm³/mol. The summed E-state index contributed by atoms with van der Waals surface area (Å²) in [5, 5.41) is 2.91. The molecule has 0 aliphatic carbocycles. The van der Waals surface area contributed by atoms with E-state index < -0.39 is 11.7 Å². The first-order valence-corrected chi connectivity index (χ1v) is 9.54. The number of H-pyrrole nitrogens is 1. The van der Waals surface area contributed by atoms with E-state index in [9.17, 15) is 9.59 Å². The highest BCUT2D eigenvalue weighted by atomic mass is 16.6. The molecule has 0 aromatic carbocycles. The van der Waals surface area contributed by atoms with E-state index in [4.69, 9.17) is 4.74 Å². The molecule has 1 amide bonds. The van der Waals surface area contributed by atoms with Gasteiger partial charge in [0.2, 0.25) is 0 Å². The van der Waals surface area contributed by atoms with Gasteiger partial charge in [-0.3, -0.25) is 4.79 Å². The number of pyridine rings is 1. The molecule has 3 heterocycles. The van der Waals surface area contributed by atoms with Crippen molar-refractivity contribution in [2.24, 2.45) is 0 Å². The molecule has 0 spiro atoms. The summed E-state index contributed by atoms with van der Waals surface area (Å²) in [4.78, 5) is 37.5. The number of rotatable bonds is 4. The van der Waals surface area contributed by atoms with Gasteiger partial charge in [0.05, 0.1) is 6.04 Å². The number of hydrogen-bond acceptors (Lipinski definition) is 6. The minimum Gasteiger partial charge on any atom is -0.444 e. The van der Waals surface area contributed by atoms with E-state index in [1.165, 1.54) is 6.07 Å². The summed E-state index contributed by atoms with van der Waals surface area (Å²) in [7, 11) is 0. The van der Waals surface area contributed by atoms with E-state index >= 15 is 0 Å². The number of nitrogens with one attached hydrogen (secondary N) is 2. The summed E-state index contributed by atoms with van der Waals surface area (Å²) >= 11 is 0. The number of aromatic nitrogens is 3. The molecule has 2 aromatic rings. The number of nitrogens with zero attached hydrogens (tertiary/aromatic N) is 3. The molecular weight excluding hydrogens is 358 g/mol. The Morgan fingerprint density at radius 3 is 2.82 bits per heavy atom. The van der Waals surface area contributed by atoms with Gasteiger partial charge in [-0.2, -0.15) is 0 Å². The molecule has 2 aromatic heterocycles. The van der Waals surface area contributed by atoms with Gasteiger partial charge in [0.15, 0.2) is 0 Å². The lowest BCUT2D eigenvalue weighted by molar-refractivity contribution is 0.0509. The van der Waals surface area contributed by atoms with Gasteiger partial charge in [-0.05, 0) is 45.7 Å². The topological polar surface area (TPSA) is 100 Å². The minimum atomic E-state index is -0.510. The molecule has 8 heteroatoms. The molecule has 1 saturated heterocycles. The van der Waals surface area contributed by atoms with Gasteiger partial charge >= 0.3 is 6.09 Å². The summed E-state index contributed by atoms with van der Waals surface area (Å²) in [5.74, 6) is 1.35. The smallest absolute Gasteiger partial charge is 0.407 e. The third-order valence-corrected chi connectivity index (χ3v) is 4.41. The lowest BCUT2D eigenvalue weighted by Gasteiger charge is -2.22. The van der Waals surface area contributed by atoms with Gasteiger partial charge in [0, 0.05) is 36.6 Å². The Labute approximate surface area is 164 Å². The maximum absolute atomic E-state index is 11.9. The number of anilines is 1. The first-order chi connectivity index (χ1) is 13.2. The van der Waals surface area contributed by atoms with Crippen LogP contribution >= 0.6 is 0 Å². The molecule has 1 fully saturated rings. The molecule has 2 N–H and O–H groups in total. The van der Waals surface area contributed by atoms with Crippen molar-refractivity contribution in [1.29, 1.82) is 0 Å². The number of aromatic amines is 1. The van der Waals surface area contributed by atoms with Crippen molar-refractivity contribution in [3.63, 3.8) is 0 Å². The molecule has 150 valence electrons. The van der Waals surface area contributed by atoms with E-state index in [1.54, 1.807) is 6.20 Å². The highest BCUT2D eigenvalue weighted by Crippen LogP contribution is 2.21. The van der Waals surface area contributed by atoms with Crippen molar-refractivity contribution in [1.82, 2.24) is 20.3 Å². The Bertz CT molecular complexity index is 886. The largest absolute Gasteiger partial charge is 0.444 e. The molecule has 1 aliphatic heterocycles. The Morgan fingerprint density at radius 1 is 1.39 bits per heavy atom. The Morgan fingerprint density at radius 2 is 2.18 bits per heavy atom. The fourth-order valence-corrected chi connectivity index (χ4v) is 3.10. The zero-order valence-electron chi connectivity index (χ0n) is 16.8. The molecule has 0 unspecified atom stereocenters. The second-order valence-electron chi connectivity index (χ2n) is 7.92. The standard InChI is InChI=1S/C20H27N5O3/c1-5-14-10-17(26)24-18(22-14)13-6-7-16(21-11-13)25-9-8-15(12-25)23-19(27)28-20(2,3)4/h6-7,10-11,15H,5,8-9,12H2,1-4H3,(H,23,27)(H,22,24,26)/t15-/m1/s1. The quantitative estimate of drug-likeness (QED) is 0.839. The van der Waals surface area contributed by atoms with Gasteiger partial charge in [-0.15, -0.1) is 0 Å². The summed E-state index contributed by atoms with van der Waals surface area (Å²) in [6.07, 6.45) is 2.84. The van der Waals surface area contributed by atoms with E-state index in [0.29, 0.717) is 18.8 Å². The molecule has 28 heavy (non-hydrogen) atoms. The van der Waals surface area contributed by atoms with Crippen LogP contribution in [0.2, 0.25) is 0 Å². The van der Waals surface area contributed by atoms with Crippen molar-refractivity contribution < 1.29 is 9.53 Å². The first kappa shape index (κ1) is 19.9. The summed E-state index contributed by atoms with van der Waals surface area (Å²) in [6, 6.07) is 5.34. The van der Waals surface area contributed by atoms with Crippen molar-refractivity contribution in [3.8, 4) is 11.4 Å². The molecular formula is C20H27N5O3. The molecule has 0 bridgehead atoms. The van der Waals surface area contributed by atoms with Crippen molar-refractivity contribution in [2.45, 2.75) is 52.2 Å². The highest BCUT2D eigenvalue weighted by molar-refractivity contribution is 5.68. The monoisotopic (exact) mass is 385 g/mol. The van der Waals surface area contributed by atoms with Crippen LogP contribution in [0.25, 0.3) is 11.4 Å². The van der Waals surface area contributed by atoms with Crippen LogP contribution in [0.4, 0.5) is 10.6 Å². The van der Waals surface area contributed by atoms with Gasteiger partial charge in [-0.25, -0.2) is 14.8 Å². The van der Waals surface area contributed by atoms with Crippen LogP contribution in [0.1, 0.15) is 39.8 Å². The number of hydrogen-bond donors (Lipinski definition) is 2. The zero-order chi connectivity index (χ0) is 20.3. The molecule has 8 nitrogen and oxygen atoms in total. The molecule has 0 radical (unpaired) electrons. The molecule has 3 rings (SSSR count). The van der Waals surface area contributed by atoms with Crippen molar-refractivity contribution in [3.05, 3.63) is 40.4 Å².